The summed E-state index contributed by atoms with van der Waals surface area (Å²) >= 11 is 0. The minimum atomic E-state index is 0.563. The molecule has 0 bridgehead atoms. The first-order valence-electron chi connectivity index (χ1n) is 6.89. The van der Waals surface area contributed by atoms with Crippen LogP contribution in [0.5, 0.6) is 5.75 Å². The highest BCUT2D eigenvalue weighted by molar-refractivity contribution is 5.82. The molecule has 0 saturated heterocycles. The SMILES string of the molecule is CCn1c(COc2cccnc2)cc2cc(C)ccc21. The number of pyridine rings is 1. The number of aromatic nitrogens is 2. The lowest BCUT2D eigenvalue weighted by Gasteiger charge is -2.09. The summed E-state index contributed by atoms with van der Waals surface area (Å²) in [6, 6.07) is 12.6. The molecule has 1 aromatic carbocycles. The Kier molecular flexibility index (Phi) is 3.42. The molecule has 2 aromatic heterocycles. The van der Waals surface area contributed by atoms with Gasteiger partial charge in [0, 0.05) is 23.6 Å². The van der Waals surface area contributed by atoms with Crippen molar-refractivity contribution in [2.75, 3.05) is 0 Å². The van der Waals surface area contributed by atoms with Crippen LogP contribution < -0.4 is 4.74 Å². The highest BCUT2D eigenvalue weighted by atomic mass is 16.5. The average molecular weight is 266 g/mol. The number of nitrogens with zero attached hydrogens (tertiary/aromatic N) is 2. The number of ether oxygens (including phenoxy) is 1. The van der Waals surface area contributed by atoms with Gasteiger partial charge in [-0.15, -0.1) is 0 Å². The zero-order chi connectivity index (χ0) is 13.9. The number of rotatable bonds is 4. The van der Waals surface area contributed by atoms with E-state index in [1.807, 2.05) is 12.1 Å². The second-order valence-electron chi connectivity index (χ2n) is 4.92. The van der Waals surface area contributed by atoms with E-state index in [4.69, 9.17) is 4.74 Å². The van der Waals surface area contributed by atoms with Crippen LogP contribution >= 0.6 is 0 Å². The number of aryl methyl sites for hydroxylation is 2. The number of hydrogen-bond acceptors (Lipinski definition) is 2. The first-order chi connectivity index (χ1) is 9.78. The van der Waals surface area contributed by atoms with Crippen LogP contribution in [0.1, 0.15) is 18.2 Å². The topological polar surface area (TPSA) is 27.1 Å². The molecule has 3 nitrogen and oxygen atoms in total. The summed E-state index contributed by atoms with van der Waals surface area (Å²) in [4.78, 5) is 4.06. The minimum absolute atomic E-state index is 0.563. The third-order valence-corrected chi connectivity index (χ3v) is 3.48. The van der Waals surface area contributed by atoms with Crippen LogP contribution in [0.25, 0.3) is 10.9 Å². The molecule has 0 fully saturated rings. The summed E-state index contributed by atoms with van der Waals surface area (Å²) in [5.74, 6) is 0.802. The van der Waals surface area contributed by atoms with Gasteiger partial charge in [-0.05, 0) is 44.2 Å². The van der Waals surface area contributed by atoms with E-state index in [9.17, 15) is 0 Å². The fourth-order valence-electron chi connectivity index (χ4n) is 2.53. The molecule has 0 aliphatic rings. The molecule has 2 heterocycles. The van der Waals surface area contributed by atoms with Crippen molar-refractivity contribution >= 4 is 10.9 Å². The van der Waals surface area contributed by atoms with E-state index in [-0.39, 0.29) is 0 Å². The zero-order valence-electron chi connectivity index (χ0n) is 11.8. The smallest absolute Gasteiger partial charge is 0.138 e. The number of hydrogen-bond donors (Lipinski definition) is 0. The highest BCUT2D eigenvalue weighted by Gasteiger charge is 2.08. The third kappa shape index (κ3) is 2.39. The maximum absolute atomic E-state index is 5.81. The fraction of sp³-hybridized carbons (Fsp3) is 0.235. The van der Waals surface area contributed by atoms with Gasteiger partial charge in [0.15, 0.2) is 0 Å². The van der Waals surface area contributed by atoms with Crippen molar-refractivity contribution in [1.29, 1.82) is 0 Å². The van der Waals surface area contributed by atoms with Gasteiger partial charge in [0.05, 0.1) is 11.9 Å². The molecule has 0 spiro atoms. The number of benzene rings is 1. The standard InChI is InChI=1S/C17H18N2O/c1-3-19-15(12-20-16-5-4-8-18-11-16)10-14-9-13(2)6-7-17(14)19/h4-11H,3,12H2,1-2H3. The first-order valence-corrected chi connectivity index (χ1v) is 6.89. The van der Waals surface area contributed by atoms with Crippen molar-refractivity contribution in [3.8, 4) is 5.75 Å². The molecule has 0 amide bonds. The Balaban J connectivity index is 1.91. The molecule has 0 aliphatic heterocycles. The molecule has 3 rings (SSSR count). The first kappa shape index (κ1) is 12.7. The van der Waals surface area contributed by atoms with Gasteiger partial charge in [-0.1, -0.05) is 11.6 Å². The maximum atomic E-state index is 5.81. The van der Waals surface area contributed by atoms with Crippen molar-refractivity contribution in [2.45, 2.75) is 27.0 Å². The Hall–Kier alpha value is -2.29. The monoisotopic (exact) mass is 266 g/mol. The predicted octanol–water partition coefficient (Wildman–Crippen LogP) is 3.94. The largest absolute Gasteiger partial charge is 0.486 e. The molecule has 0 aliphatic carbocycles. The summed E-state index contributed by atoms with van der Waals surface area (Å²) in [6.07, 6.45) is 3.49. The van der Waals surface area contributed by atoms with E-state index in [1.165, 1.54) is 22.2 Å². The van der Waals surface area contributed by atoms with Gasteiger partial charge in [-0.3, -0.25) is 4.98 Å². The van der Waals surface area contributed by atoms with Crippen LogP contribution in [0.15, 0.2) is 48.8 Å². The summed E-state index contributed by atoms with van der Waals surface area (Å²) in [5.41, 5.74) is 3.74. The molecule has 20 heavy (non-hydrogen) atoms. The minimum Gasteiger partial charge on any atom is -0.486 e. The molecule has 0 unspecified atom stereocenters. The molecule has 3 aromatic rings. The Labute approximate surface area is 118 Å². The lowest BCUT2D eigenvalue weighted by molar-refractivity contribution is 0.295. The Morgan fingerprint density at radius 1 is 1.20 bits per heavy atom. The number of fused-ring (bicyclic) bond motifs is 1. The van der Waals surface area contributed by atoms with Gasteiger partial charge in [-0.2, -0.15) is 0 Å². The summed E-state index contributed by atoms with van der Waals surface area (Å²) in [5, 5.41) is 1.27. The molecular weight excluding hydrogens is 248 g/mol. The second kappa shape index (κ2) is 5.37. The van der Waals surface area contributed by atoms with Gasteiger partial charge in [0.2, 0.25) is 0 Å². The molecule has 0 radical (unpaired) electrons. The van der Waals surface area contributed by atoms with E-state index in [0.29, 0.717) is 6.61 Å². The van der Waals surface area contributed by atoms with Gasteiger partial charge in [0.1, 0.15) is 12.4 Å². The van der Waals surface area contributed by atoms with Crippen molar-refractivity contribution in [3.63, 3.8) is 0 Å². The molecule has 0 saturated carbocycles. The zero-order valence-corrected chi connectivity index (χ0v) is 11.8. The van der Waals surface area contributed by atoms with Crippen LogP contribution in [0, 0.1) is 6.92 Å². The van der Waals surface area contributed by atoms with Crippen LogP contribution in [0.3, 0.4) is 0 Å². The van der Waals surface area contributed by atoms with Crippen molar-refractivity contribution in [3.05, 3.63) is 60.0 Å². The van der Waals surface area contributed by atoms with Gasteiger partial charge in [0.25, 0.3) is 0 Å². The Morgan fingerprint density at radius 2 is 2.10 bits per heavy atom. The summed E-state index contributed by atoms with van der Waals surface area (Å²) < 4.78 is 8.11. The molecule has 102 valence electrons. The normalized spacial score (nSPS) is 10.9. The van der Waals surface area contributed by atoms with E-state index < -0.39 is 0 Å². The van der Waals surface area contributed by atoms with Gasteiger partial charge >= 0.3 is 0 Å². The molecule has 3 heteroatoms. The molecule has 0 atom stereocenters. The van der Waals surface area contributed by atoms with Crippen LogP contribution in [0.4, 0.5) is 0 Å². The van der Waals surface area contributed by atoms with Crippen LogP contribution in [-0.2, 0) is 13.2 Å². The van der Waals surface area contributed by atoms with Crippen molar-refractivity contribution < 1.29 is 4.74 Å². The van der Waals surface area contributed by atoms with E-state index in [2.05, 4.69) is 47.7 Å². The van der Waals surface area contributed by atoms with Crippen molar-refractivity contribution in [2.24, 2.45) is 0 Å². The summed E-state index contributed by atoms with van der Waals surface area (Å²) in [6.45, 7) is 5.78. The highest BCUT2D eigenvalue weighted by Crippen LogP contribution is 2.22. The summed E-state index contributed by atoms with van der Waals surface area (Å²) in [7, 11) is 0. The van der Waals surface area contributed by atoms with Gasteiger partial charge in [-0.25, -0.2) is 0 Å². The van der Waals surface area contributed by atoms with E-state index in [0.717, 1.165) is 12.3 Å². The molecular formula is C17H18N2O. The second-order valence-corrected chi connectivity index (χ2v) is 4.92. The average Bonchev–Trinajstić information content (AvgIpc) is 2.82. The lowest BCUT2D eigenvalue weighted by Crippen LogP contribution is -2.04. The van der Waals surface area contributed by atoms with Crippen molar-refractivity contribution in [1.82, 2.24) is 9.55 Å². The van der Waals surface area contributed by atoms with Gasteiger partial charge < -0.3 is 9.30 Å². The Morgan fingerprint density at radius 3 is 2.85 bits per heavy atom. The fourth-order valence-corrected chi connectivity index (χ4v) is 2.53. The Bertz CT molecular complexity index is 716. The maximum Gasteiger partial charge on any atom is 0.138 e. The molecule has 0 N–H and O–H groups in total. The third-order valence-electron chi connectivity index (χ3n) is 3.48. The van der Waals surface area contributed by atoms with E-state index in [1.54, 1.807) is 12.4 Å². The van der Waals surface area contributed by atoms with E-state index >= 15 is 0 Å². The lowest BCUT2D eigenvalue weighted by atomic mass is 10.2. The van der Waals surface area contributed by atoms with Crippen LogP contribution in [-0.4, -0.2) is 9.55 Å². The quantitative estimate of drug-likeness (QED) is 0.715. The van der Waals surface area contributed by atoms with Crippen LogP contribution in [0.2, 0.25) is 0 Å². The predicted molar refractivity (Wildman–Crippen MR) is 80.9 cm³/mol.